The molecule has 2 aromatic carbocycles. The molecule has 0 aromatic heterocycles. The van der Waals surface area contributed by atoms with E-state index in [0.29, 0.717) is 10.6 Å². The van der Waals surface area contributed by atoms with Crippen LogP contribution >= 0.6 is 11.6 Å². The van der Waals surface area contributed by atoms with E-state index in [1.165, 1.54) is 0 Å². The summed E-state index contributed by atoms with van der Waals surface area (Å²) in [5.41, 5.74) is 7.50. The molecule has 0 saturated carbocycles. The van der Waals surface area contributed by atoms with E-state index in [-0.39, 0.29) is 28.2 Å². The average molecular weight is 304 g/mol. The van der Waals surface area contributed by atoms with Crippen LogP contribution in [0.4, 0.5) is 5.69 Å². The van der Waals surface area contributed by atoms with Gasteiger partial charge in [0.1, 0.15) is 5.75 Å². The maximum Gasteiger partial charge on any atom is 0.196 e. The summed E-state index contributed by atoms with van der Waals surface area (Å²) in [4.78, 5) is 12.4. The van der Waals surface area contributed by atoms with Gasteiger partial charge in [0.15, 0.2) is 5.78 Å². The molecule has 0 heterocycles. The third kappa shape index (κ3) is 3.03. The molecule has 0 saturated heterocycles. The second-order valence-electron chi connectivity index (χ2n) is 6.01. The predicted molar refractivity (Wildman–Crippen MR) is 86.1 cm³/mol. The Morgan fingerprint density at radius 2 is 1.67 bits per heavy atom. The van der Waals surface area contributed by atoms with Crippen molar-refractivity contribution in [3.63, 3.8) is 0 Å². The molecule has 0 unspecified atom stereocenters. The fraction of sp³-hybridized carbons (Fsp3) is 0.235. The van der Waals surface area contributed by atoms with Crippen molar-refractivity contribution in [2.75, 3.05) is 5.73 Å². The molecule has 0 amide bonds. The van der Waals surface area contributed by atoms with Gasteiger partial charge in [-0.05, 0) is 41.3 Å². The van der Waals surface area contributed by atoms with Crippen LogP contribution in [0, 0.1) is 0 Å². The molecular formula is C17H18ClNO2. The predicted octanol–water partition coefficient (Wildman–Crippen LogP) is 4.16. The van der Waals surface area contributed by atoms with E-state index in [0.717, 1.165) is 5.56 Å². The van der Waals surface area contributed by atoms with E-state index >= 15 is 0 Å². The van der Waals surface area contributed by atoms with Gasteiger partial charge >= 0.3 is 0 Å². The number of hydrogen-bond donors (Lipinski definition) is 2. The van der Waals surface area contributed by atoms with Crippen molar-refractivity contribution in [1.29, 1.82) is 0 Å². The molecule has 0 radical (unpaired) electrons. The Morgan fingerprint density at radius 1 is 1.10 bits per heavy atom. The number of anilines is 1. The summed E-state index contributed by atoms with van der Waals surface area (Å²) >= 11 is 5.81. The third-order valence-corrected chi connectivity index (χ3v) is 3.63. The first kappa shape index (κ1) is 15.4. The minimum Gasteiger partial charge on any atom is -0.505 e. The number of nitrogens with two attached hydrogens (primary N) is 1. The van der Waals surface area contributed by atoms with Crippen molar-refractivity contribution < 1.29 is 9.90 Å². The van der Waals surface area contributed by atoms with Gasteiger partial charge < -0.3 is 10.8 Å². The highest BCUT2D eigenvalue weighted by Gasteiger charge is 2.23. The third-order valence-electron chi connectivity index (χ3n) is 3.38. The zero-order chi connectivity index (χ0) is 15.8. The van der Waals surface area contributed by atoms with Crippen LogP contribution in [0.2, 0.25) is 5.02 Å². The number of halogens is 1. The minimum absolute atomic E-state index is 0.164. The summed E-state index contributed by atoms with van der Waals surface area (Å²) in [5.74, 6) is -0.446. The van der Waals surface area contributed by atoms with Gasteiger partial charge in [-0.25, -0.2) is 0 Å². The van der Waals surface area contributed by atoms with Gasteiger partial charge in [-0.1, -0.05) is 38.4 Å². The number of phenolic OH excluding ortho intramolecular Hbond substituents is 1. The molecule has 0 aliphatic rings. The number of aromatic hydroxyl groups is 1. The molecule has 0 atom stereocenters. The van der Waals surface area contributed by atoms with Crippen LogP contribution in [0.5, 0.6) is 5.75 Å². The van der Waals surface area contributed by atoms with Gasteiger partial charge in [0.25, 0.3) is 0 Å². The standard InChI is InChI=1S/C17H18ClNO2/c1-17(2,3)13-9-8-12(16(21)14(13)19)15(20)10-4-6-11(18)7-5-10/h4-9,21H,19H2,1-3H3. The lowest BCUT2D eigenvalue weighted by Gasteiger charge is -2.22. The summed E-state index contributed by atoms with van der Waals surface area (Å²) in [5, 5.41) is 10.8. The smallest absolute Gasteiger partial charge is 0.196 e. The Kier molecular flexibility index (Phi) is 3.97. The molecule has 2 aromatic rings. The maximum absolute atomic E-state index is 12.4. The van der Waals surface area contributed by atoms with Crippen molar-refractivity contribution in [1.82, 2.24) is 0 Å². The van der Waals surface area contributed by atoms with Crippen LogP contribution in [0.25, 0.3) is 0 Å². The number of nitrogen functional groups attached to an aromatic ring is 1. The van der Waals surface area contributed by atoms with Crippen molar-refractivity contribution in [2.24, 2.45) is 0 Å². The van der Waals surface area contributed by atoms with Crippen molar-refractivity contribution in [3.8, 4) is 5.75 Å². The van der Waals surface area contributed by atoms with E-state index in [1.807, 2.05) is 20.8 Å². The molecule has 3 N–H and O–H groups in total. The van der Waals surface area contributed by atoms with Crippen molar-refractivity contribution in [3.05, 3.63) is 58.1 Å². The lowest BCUT2D eigenvalue weighted by molar-refractivity contribution is 0.103. The SMILES string of the molecule is CC(C)(C)c1ccc(C(=O)c2ccc(Cl)cc2)c(O)c1N. The average Bonchev–Trinajstić information content (AvgIpc) is 2.40. The van der Waals surface area contributed by atoms with Gasteiger partial charge in [-0.3, -0.25) is 4.79 Å². The van der Waals surface area contributed by atoms with Gasteiger partial charge in [0.05, 0.1) is 11.3 Å². The van der Waals surface area contributed by atoms with E-state index < -0.39 is 0 Å². The second-order valence-corrected chi connectivity index (χ2v) is 6.45. The van der Waals surface area contributed by atoms with Gasteiger partial charge in [-0.15, -0.1) is 0 Å². The summed E-state index contributed by atoms with van der Waals surface area (Å²) in [6.45, 7) is 6.00. The molecule has 0 aliphatic carbocycles. The van der Waals surface area contributed by atoms with Gasteiger partial charge in [0, 0.05) is 10.6 Å². The minimum atomic E-state index is -0.281. The fourth-order valence-corrected chi connectivity index (χ4v) is 2.33. The van der Waals surface area contributed by atoms with Crippen LogP contribution in [0.1, 0.15) is 42.3 Å². The Balaban J connectivity index is 2.48. The number of carbonyl (C=O) groups excluding carboxylic acids is 1. The lowest BCUT2D eigenvalue weighted by Crippen LogP contribution is -2.15. The zero-order valence-corrected chi connectivity index (χ0v) is 13.0. The zero-order valence-electron chi connectivity index (χ0n) is 12.3. The van der Waals surface area contributed by atoms with Crippen molar-refractivity contribution in [2.45, 2.75) is 26.2 Å². The number of hydrogen-bond acceptors (Lipinski definition) is 3. The van der Waals surface area contributed by atoms with Crippen LogP contribution in [0.3, 0.4) is 0 Å². The molecule has 3 nitrogen and oxygen atoms in total. The van der Waals surface area contributed by atoms with Crippen LogP contribution in [-0.4, -0.2) is 10.9 Å². The summed E-state index contributed by atoms with van der Waals surface area (Å²) in [6.07, 6.45) is 0. The largest absolute Gasteiger partial charge is 0.505 e. The maximum atomic E-state index is 12.4. The number of phenols is 1. The van der Waals surface area contributed by atoms with E-state index in [1.54, 1.807) is 36.4 Å². The van der Waals surface area contributed by atoms with E-state index in [9.17, 15) is 9.90 Å². The fourth-order valence-electron chi connectivity index (χ4n) is 2.20. The van der Waals surface area contributed by atoms with E-state index in [4.69, 9.17) is 17.3 Å². The number of rotatable bonds is 2. The van der Waals surface area contributed by atoms with Crippen LogP contribution < -0.4 is 5.73 Å². The molecule has 2 rings (SSSR count). The first-order valence-electron chi connectivity index (χ1n) is 6.64. The number of benzene rings is 2. The molecular weight excluding hydrogens is 286 g/mol. The molecule has 0 fully saturated rings. The Bertz CT molecular complexity index is 685. The molecule has 0 spiro atoms. The molecule has 4 heteroatoms. The summed E-state index contributed by atoms with van der Waals surface area (Å²) in [6, 6.07) is 9.93. The highest BCUT2D eigenvalue weighted by Crippen LogP contribution is 2.36. The topological polar surface area (TPSA) is 63.3 Å². The number of carbonyl (C=O) groups is 1. The number of ketones is 1. The highest BCUT2D eigenvalue weighted by molar-refractivity contribution is 6.30. The van der Waals surface area contributed by atoms with Gasteiger partial charge in [-0.2, -0.15) is 0 Å². The first-order valence-corrected chi connectivity index (χ1v) is 7.02. The molecule has 21 heavy (non-hydrogen) atoms. The first-order chi connectivity index (χ1) is 9.71. The highest BCUT2D eigenvalue weighted by atomic mass is 35.5. The molecule has 0 bridgehead atoms. The van der Waals surface area contributed by atoms with Crippen molar-refractivity contribution >= 4 is 23.1 Å². The van der Waals surface area contributed by atoms with Crippen LogP contribution in [-0.2, 0) is 5.41 Å². The second kappa shape index (κ2) is 5.41. The Hall–Kier alpha value is -2.00. The van der Waals surface area contributed by atoms with Crippen LogP contribution in [0.15, 0.2) is 36.4 Å². The lowest BCUT2D eigenvalue weighted by atomic mass is 9.84. The summed E-state index contributed by atoms with van der Waals surface area (Å²) < 4.78 is 0. The quantitative estimate of drug-likeness (QED) is 0.497. The van der Waals surface area contributed by atoms with E-state index in [2.05, 4.69) is 0 Å². The molecule has 110 valence electrons. The summed E-state index contributed by atoms with van der Waals surface area (Å²) in [7, 11) is 0. The molecule has 0 aliphatic heterocycles. The normalized spacial score (nSPS) is 11.4. The van der Waals surface area contributed by atoms with Gasteiger partial charge in [0.2, 0.25) is 0 Å². The monoisotopic (exact) mass is 303 g/mol. The Morgan fingerprint density at radius 3 is 2.19 bits per heavy atom. The Labute approximate surface area is 129 Å².